The minimum Gasteiger partial charge on any atom is -0.357 e. The van der Waals surface area contributed by atoms with Gasteiger partial charge in [0.1, 0.15) is 0 Å². The number of amides is 1. The van der Waals surface area contributed by atoms with E-state index in [1.165, 1.54) is 0 Å². The molecule has 1 amide bonds. The van der Waals surface area contributed by atoms with E-state index >= 15 is 0 Å². The van der Waals surface area contributed by atoms with Crippen molar-refractivity contribution in [3.05, 3.63) is 12.2 Å². The van der Waals surface area contributed by atoms with Crippen molar-refractivity contribution in [1.82, 2.24) is 20.4 Å². The van der Waals surface area contributed by atoms with E-state index in [2.05, 4.69) is 44.5 Å². The molecule has 1 fully saturated rings. The maximum absolute atomic E-state index is 11.8. The summed E-state index contributed by atoms with van der Waals surface area (Å²) in [5.41, 5.74) is 0. The zero-order valence-corrected chi connectivity index (χ0v) is 17.9. The van der Waals surface area contributed by atoms with Gasteiger partial charge in [0.25, 0.3) is 0 Å². The van der Waals surface area contributed by atoms with E-state index in [0.717, 1.165) is 51.6 Å². The van der Waals surface area contributed by atoms with E-state index in [1.807, 2.05) is 20.8 Å². The van der Waals surface area contributed by atoms with Crippen LogP contribution in [0.2, 0.25) is 0 Å². The highest BCUT2D eigenvalue weighted by Gasteiger charge is 2.21. The van der Waals surface area contributed by atoms with Crippen LogP contribution < -0.4 is 10.6 Å². The minimum absolute atomic E-state index is 0. The zero-order valence-electron chi connectivity index (χ0n) is 15.5. The van der Waals surface area contributed by atoms with Gasteiger partial charge >= 0.3 is 0 Å². The first-order chi connectivity index (χ1) is 11.1. The summed E-state index contributed by atoms with van der Waals surface area (Å²) in [5, 5.41) is 6.31. The van der Waals surface area contributed by atoms with Crippen molar-refractivity contribution < 1.29 is 4.79 Å². The van der Waals surface area contributed by atoms with Gasteiger partial charge in [-0.25, -0.2) is 0 Å². The Balaban J connectivity index is 0.00000529. The Labute approximate surface area is 164 Å². The fourth-order valence-corrected chi connectivity index (χ4v) is 2.53. The number of rotatable bonds is 7. The van der Waals surface area contributed by atoms with Crippen molar-refractivity contribution in [2.45, 2.75) is 40.2 Å². The van der Waals surface area contributed by atoms with Gasteiger partial charge in [-0.05, 0) is 34.1 Å². The molecule has 0 atom stereocenters. The van der Waals surface area contributed by atoms with Crippen LogP contribution in [0, 0.1) is 0 Å². The number of allylic oxidation sites excluding steroid dienone is 1. The van der Waals surface area contributed by atoms with Crippen molar-refractivity contribution in [1.29, 1.82) is 0 Å². The fourth-order valence-electron chi connectivity index (χ4n) is 2.53. The predicted molar refractivity (Wildman–Crippen MR) is 112 cm³/mol. The lowest BCUT2D eigenvalue weighted by atomic mass is 10.3. The Morgan fingerprint density at radius 3 is 2.46 bits per heavy atom. The van der Waals surface area contributed by atoms with Crippen LogP contribution in [0.25, 0.3) is 0 Å². The van der Waals surface area contributed by atoms with Gasteiger partial charge in [-0.2, -0.15) is 0 Å². The highest BCUT2D eigenvalue weighted by molar-refractivity contribution is 14.0. The third-order valence-corrected chi connectivity index (χ3v) is 3.62. The highest BCUT2D eigenvalue weighted by atomic mass is 127. The lowest BCUT2D eigenvalue weighted by Crippen LogP contribution is -2.54. The van der Waals surface area contributed by atoms with Gasteiger partial charge < -0.3 is 15.5 Å². The summed E-state index contributed by atoms with van der Waals surface area (Å²) in [5.74, 6) is 1.10. The van der Waals surface area contributed by atoms with Crippen LogP contribution in [0.1, 0.15) is 34.1 Å². The van der Waals surface area contributed by atoms with Crippen LogP contribution in [0.4, 0.5) is 0 Å². The van der Waals surface area contributed by atoms with E-state index in [4.69, 9.17) is 0 Å². The topological polar surface area (TPSA) is 60.0 Å². The van der Waals surface area contributed by atoms with Crippen molar-refractivity contribution in [3.8, 4) is 0 Å². The molecule has 1 heterocycles. The average molecular weight is 451 g/mol. The van der Waals surface area contributed by atoms with E-state index in [1.54, 1.807) is 0 Å². The number of halogens is 1. The Kier molecular flexibility index (Phi) is 13.0. The monoisotopic (exact) mass is 451 g/mol. The van der Waals surface area contributed by atoms with E-state index in [-0.39, 0.29) is 35.9 Å². The smallest absolute Gasteiger partial charge is 0.234 e. The molecule has 0 unspecified atom stereocenters. The molecule has 1 aliphatic heterocycles. The van der Waals surface area contributed by atoms with Gasteiger partial charge in [-0.3, -0.25) is 14.7 Å². The molecule has 1 saturated heterocycles. The zero-order chi connectivity index (χ0) is 17.1. The third-order valence-electron chi connectivity index (χ3n) is 3.62. The number of nitrogens with zero attached hydrogens (tertiary/aromatic N) is 3. The van der Waals surface area contributed by atoms with Crippen molar-refractivity contribution in [3.63, 3.8) is 0 Å². The summed E-state index contributed by atoms with van der Waals surface area (Å²) in [6.45, 7) is 13.9. The van der Waals surface area contributed by atoms with Crippen LogP contribution in [0.5, 0.6) is 0 Å². The quantitative estimate of drug-likeness (QED) is 0.203. The first-order valence-electron chi connectivity index (χ1n) is 8.73. The van der Waals surface area contributed by atoms with Gasteiger partial charge in [-0.15, -0.1) is 24.0 Å². The maximum Gasteiger partial charge on any atom is 0.234 e. The van der Waals surface area contributed by atoms with E-state index in [0.29, 0.717) is 6.54 Å². The van der Waals surface area contributed by atoms with Gasteiger partial charge in [0.2, 0.25) is 5.91 Å². The van der Waals surface area contributed by atoms with Gasteiger partial charge in [0, 0.05) is 45.3 Å². The second-order valence-electron chi connectivity index (χ2n) is 6.08. The molecular formula is C17H34IN5O. The molecule has 0 aliphatic carbocycles. The first-order valence-corrected chi connectivity index (χ1v) is 8.73. The highest BCUT2D eigenvalue weighted by Crippen LogP contribution is 2.03. The first kappa shape index (κ1) is 23.2. The molecule has 24 heavy (non-hydrogen) atoms. The number of aliphatic imine (C=N–C) groups is 1. The molecule has 0 spiro atoms. The number of carbonyl (C=O) groups excluding carboxylic acids is 1. The molecule has 0 bridgehead atoms. The number of piperazine rings is 1. The number of guanidine groups is 1. The Bertz CT molecular complexity index is 404. The second kappa shape index (κ2) is 13.5. The number of hydrogen-bond donors (Lipinski definition) is 2. The molecule has 0 radical (unpaired) electrons. The summed E-state index contributed by atoms with van der Waals surface area (Å²) < 4.78 is 0. The number of hydrogen-bond acceptors (Lipinski definition) is 3. The molecule has 7 heteroatoms. The Morgan fingerprint density at radius 1 is 1.25 bits per heavy atom. The van der Waals surface area contributed by atoms with E-state index < -0.39 is 0 Å². The van der Waals surface area contributed by atoms with Crippen LogP contribution in [-0.4, -0.2) is 73.5 Å². The maximum atomic E-state index is 11.8. The molecule has 140 valence electrons. The predicted octanol–water partition coefficient (Wildman–Crippen LogP) is 1.68. The molecule has 2 N–H and O–H groups in total. The molecule has 0 saturated carbocycles. The molecule has 0 aromatic rings. The number of carbonyl (C=O) groups is 1. The van der Waals surface area contributed by atoms with E-state index in [9.17, 15) is 4.79 Å². The average Bonchev–Trinajstić information content (AvgIpc) is 2.50. The summed E-state index contributed by atoms with van der Waals surface area (Å²) in [6, 6.07) is 0.202. The van der Waals surface area contributed by atoms with Gasteiger partial charge in [0.05, 0.1) is 6.54 Å². The largest absolute Gasteiger partial charge is 0.357 e. The molecule has 0 aromatic carbocycles. The SMILES string of the molecule is C/C=C/CCN=C(NCC)N1CCN(CC(=O)NC(C)C)CC1.I. The van der Waals surface area contributed by atoms with Crippen molar-refractivity contribution >= 4 is 35.8 Å². The van der Waals surface area contributed by atoms with Crippen molar-refractivity contribution in [2.75, 3.05) is 45.8 Å². The lowest BCUT2D eigenvalue weighted by Gasteiger charge is -2.36. The second-order valence-corrected chi connectivity index (χ2v) is 6.08. The summed E-state index contributed by atoms with van der Waals surface area (Å²) in [6.07, 6.45) is 5.17. The Morgan fingerprint density at radius 2 is 1.92 bits per heavy atom. The van der Waals surface area contributed by atoms with Gasteiger partial charge in [-0.1, -0.05) is 12.2 Å². The standard InChI is InChI=1S/C17H33N5O.HI/c1-5-7-8-9-19-17(18-6-2)22-12-10-21(11-13-22)14-16(23)20-15(3)4;/h5,7,15H,6,8-14H2,1-4H3,(H,18,19)(H,20,23);1H/b7-5+;. The molecule has 1 aliphatic rings. The Hall–Kier alpha value is -0.830. The van der Waals surface area contributed by atoms with Crippen LogP contribution in [0.15, 0.2) is 17.1 Å². The van der Waals surface area contributed by atoms with Gasteiger partial charge in [0.15, 0.2) is 5.96 Å². The normalized spacial score (nSPS) is 16.4. The summed E-state index contributed by atoms with van der Waals surface area (Å²) >= 11 is 0. The lowest BCUT2D eigenvalue weighted by molar-refractivity contribution is -0.123. The molecular weight excluding hydrogens is 417 g/mol. The van der Waals surface area contributed by atoms with Crippen LogP contribution in [-0.2, 0) is 4.79 Å². The summed E-state index contributed by atoms with van der Waals surface area (Å²) in [4.78, 5) is 21.0. The third kappa shape index (κ3) is 9.46. The minimum atomic E-state index is 0. The summed E-state index contributed by atoms with van der Waals surface area (Å²) in [7, 11) is 0. The van der Waals surface area contributed by atoms with Crippen molar-refractivity contribution in [2.24, 2.45) is 4.99 Å². The van der Waals surface area contributed by atoms with Crippen LogP contribution >= 0.6 is 24.0 Å². The molecule has 0 aromatic heterocycles. The fraction of sp³-hybridized carbons (Fsp3) is 0.765. The molecule has 1 rings (SSSR count). The van der Waals surface area contributed by atoms with Crippen LogP contribution in [0.3, 0.4) is 0 Å². The number of nitrogens with one attached hydrogen (secondary N) is 2. The molecule has 6 nitrogen and oxygen atoms in total.